The second kappa shape index (κ2) is 8.35. The second-order valence-electron chi connectivity index (χ2n) is 4.44. The Bertz CT molecular complexity index is 476. The number of carbonyl (C=O) groups is 2. The van der Waals surface area contributed by atoms with Crippen LogP contribution >= 0.6 is 0 Å². The Morgan fingerprint density at radius 3 is 2.76 bits per heavy atom. The van der Waals surface area contributed by atoms with Gasteiger partial charge in [-0.3, -0.25) is 4.79 Å². The predicted octanol–water partition coefficient (Wildman–Crippen LogP) is 1.36. The first-order chi connectivity index (χ1) is 9.95. The molecule has 1 amide bonds. The van der Waals surface area contributed by atoms with E-state index in [-0.39, 0.29) is 12.1 Å². The van der Waals surface area contributed by atoms with Gasteiger partial charge in [0.15, 0.2) is 0 Å². The number of halogens is 2. The highest BCUT2D eigenvalue weighted by Crippen LogP contribution is 2.08. The van der Waals surface area contributed by atoms with Gasteiger partial charge in [0.1, 0.15) is 11.7 Å². The van der Waals surface area contributed by atoms with Gasteiger partial charge in [0.05, 0.1) is 6.54 Å². The lowest BCUT2D eigenvalue weighted by Crippen LogP contribution is -2.41. The number of nitrogens with one attached hydrogen (secondary N) is 1. The summed E-state index contributed by atoms with van der Waals surface area (Å²) in [6.07, 6.45) is -0.584. The van der Waals surface area contributed by atoms with Crippen molar-refractivity contribution in [2.75, 3.05) is 13.7 Å². The van der Waals surface area contributed by atoms with E-state index >= 15 is 0 Å². The van der Waals surface area contributed by atoms with Crippen molar-refractivity contribution in [1.82, 2.24) is 9.88 Å². The van der Waals surface area contributed by atoms with E-state index in [0.717, 1.165) is 4.57 Å². The molecule has 118 valence electrons. The highest BCUT2D eigenvalue weighted by Gasteiger charge is 2.22. The van der Waals surface area contributed by atoms with Crippen LogP contribution in [-0.4, -0.2) is 47.7 Å². The number of ether oxygens (including phenoxy) is 1. The SMILES string of the molecule is COCCCC(NC(=O)c1cccn1CC(F)F)C(=O)O. The quantitative estimate of drug-likeness (QED) is 0.675. The molecule has 8 heteroatoms. The number of rotatable bonds is 9. The van der Waals surface area contributed by atoms with Crippen molar-refractivity contribution < 1.29 is 28.2 Å². The molecule has 1 aromatic rings. The van der Waals surface area contributed by atoms with Crippen LogP contribution in [0.5, 0.6) is 0 Å². The molecule has 1 heterocycles. The molecule has 0 saturated carbocycles. The van der Waals surface area contributed by atoms with Crippen molar-refractivity contribution in [3.8, 4) is 0 Å². The lowest BCUT2D eigenvalue weighted by atomic mass is 10.1. The summed E-state index contributed by atoms with van der Waals surface area (Å²) in [5, 5.41) is 11.4. The Labute approximate surface area is 120 Å². The van der Waals surface area contributed by atoms with Gasteiger partial charge in [-0.1, -0.05) is 0 Å². The van der Waals surface area contributed by atoms with Crippen molar-refractivity contribution in [3.05, 3.63) is 24.0 Å². The first-order valence-electron chi connectivity index (χ1n) is 6.41. The summed E-state index contributed by atoms with van der Waals surface area (Å²) in [6.45, 7) is -0.238. The number of carbonyl (C=O) groups excluding carboxylic acids is 1. The summed E-state index contributed by atoms with van der Waals surface area (Å²) in [5.74, 6) is -1.86. The lowest BCUT2D eigenvalue weighted by molar-refractivity contribution is -0.139. The summed E-state index contributed by atoms with van der Waals surface area (Å²) in [7, 11) is 1.49. The van der Waals surface area contributed by atoms with Gasteiger partial charge in [-0.2, -0.15) is 0 Å². The van der Waals surface area contributed by atoms with E-state index in [4.69, 9.17) is 9.84 Å². The molecule has 0 aliphatic rings. The summed E-state index contributed by atoms with van der Waals surface area (Å²) in [4.78, 5) is 23.1. The smallest absolute Gasteiger partial charge is 0.326 e. The topological polar surface area (TPSA) is 80.6 Å². The summed E-state index contributed by atoms with van der Waals surface area (Å²) >= 11 is 0. The van der Waals surface area contributed by atoms with Gasteiger partial charge in [0.25, 0.3) is 12.3 Å². The van der Waals surface area contributed by atoms with Crippen LogP contribution in [-0.2, 0) is 16.1 Å². The first kappa shape index (κ1) is 17.1. The van der Waals surface area contributed by atoms with Crippen LogP contribution < -0.4 is 5.32 Å². The van der Waals surface area contributed by atoms with Gasteiger partial charge in [-0.15, -0.1) is 0 Å². The number of hydrogen-bond donors (Lipinski definition) is 2. The number of methoxy groups -OCH3 is 1. The molecule has 0 aromatic carbocycles. The number of aromatic nitrogens is 1. The largest absolute Gasteiger partial charge is 0.480 e. The Kier molecular flexibility index (Phi) is 6.80. The molecule has 0 aliphatic heterocycles. The fourth-order valence-corrected chi connectivity index (χ4v) is 1.85. The third-order valence-corrected chi connectivity index (χ3v) is 2.84. The first-order valence-corrected chi connectivity index (χ1v) is 6.41. The van der Waals surface area contributed by atoms with Crippen LogP contribution in [0, 0.1) is 0 Å². The van der Waals surface area contributed by atoms with Crippen molar-refractivity contribution in [1.29, 1.82) is 0 Å². The lowest BCUT2D eigenvalue weighted by Gasteiger charge is -2.15. The van der Waals surface area contributed by atoms with E-state index in [9.17, 15) is 18.4 Å². The zero-order valence-electron chi connectivity index (χ0n) is 11.6. The summed E-state index contributed by atoms with van der Waals surface area (Å²) in [5.41, 5.74) is 0.00768. The molecule has 0 fully saturated rings. The van der Waals surface area contributed by atoms with Crippen LogP contribution in [0.2, 0.25) is 0 Å². The Balaban J connectivity index is 2.69. The minimum Gasteiger partial charge on any atom is -0.480 e. The van der Waals surface area contributed by atoms with Gasteiger partial charge in [0, 0.05) is 19.9 Å². The molecule has 6 nitrogen and oxygen atoms in total. The Hall–Kier alpha value is -1.96. The molecule has 2 N–H and O–H groups in total. The second-order valence-corrected chi connectivity index (χ2v) is 4.44. The summed E-state index contributed by atoms with van der Waals surface area (Å²) in [6, 6.07) is 1.74. The fourth-order valence-electron chi connectivity index (χ4n) is 1.85. The van der Waals surface area contributed by atoms with E-state index < -0.39 is 30.9 Å². The molecule has 0 spiro atoms. The van der Waals surface area contributed by atoms with Crippen molar-refractivity contribution in [2.24, 2.45) is 0 Å². The number of hydrogen-bond acceptors (Lipinski definition) is 3. The molecule has 1 aromatic heterocycles. The maximum absolute atomic E-state index is 12.4. The number of alkyl halides is 2. The van der Waals surface area contributed by atoms with Crippen LogP contribution in [0.3, 0.4) is 0 Å². The van der Waals surface area contributed by atoms with Crippen LogP contribution in [0.4, 0.5) is 8.78 Å². The van der Waals surface area contributed by atoms with Gasteiger partial charge in [0.2, 0.25) is 0 Å². The zero-order valence-corrected chi connectivity index (χ0v) is 11.6. The van der Waals surface area contributed by atoms with Crippen LogP contribution in [0.1, 0.15) is 23.3 Å². The van der Waals surface area contributed by atoms with E-state index in [0.29, 0.717) is 13.0 Å². The third-order valence-electron chi connectivity index (χ3n) is 2.84. The predicted molar refractivity (Wildman–Crippen MR) is 70.4 cm³/mol. The molecule has 1 rings (SSSR count). The van der Waals surface area contributed by atoms with Crippen LogP contribution in [0.15, 0.2) is 18.3 Å². The molecular weight excluding hydrogens is 286 g/mol. The molecule has 1 atom stereocenters. The average molecular weight is 304 g/mol. The van der Waals surface area contributed by atoms with Crippen molar-refractivity contribution in [2.45, 2.75) is 31.9 Å². The molecule has 0 aliphatic carbocycles. The van der Waals surface area contributed by atoms with Gasteiger partial charge in [-0.25, -0.2) is 13.6 Å². The minimum absolute atomic E-state index is 0.00768. The number of carboxylic acid groups (broad SMARTS) is 1. The highest BCUT2D eigenvalue weighted by molar-refractivity contribution is 5.95. The Morgan fingerprint density at radius 1 is 1.48 bits per heavy atom. The van der Waals surface area contributed by atoms with Crippen LogP contribution in [0.25, 0.3) is 0 Å². The maximum Gasteiger partial charge on any atom is 0.326 e. The zero-order chi connectivity index (χ0) is 15.8. The Morgan fingerprint density at radius 2 is 2.19 bits per heavy atom. The molecule has 1 unspecified atom stereocenters. The van der Waals surface area contributed by atoms with Crippen molar-refractivity contribution >= 4 is 11.9 Å². The van der Waals surface area contributed by atoms with E-state index in [1.165, 1.54) is 25.4 Å². The minimum atomic E-state index is -2.60. The van der Waals surface area contributed by atoms with E-state index in [2.05, 4.69) is 5.32 Å². The van der Waals surface area contributed by atoms with E-state index in [1.807, 2.05) is 0 Å². The molecule has 0 bridgehead atoms. The van der Waals surface area contributed by atoms with Gasteiger partial charge in [-0.05, 0) is 25.0 Å². The summed E-state index contributed by atoms with van der Waals surface area (Å²) < 4.78 is 30.7. The van der Waals surface area contributed by atoms with Gasteiger partial charge >= 0.3 is 5.97 Å². The highest BCUT2D eigenvalue weighted by atomic mass is 19.3. The van der Waals surface area contributed by atoms with Crippen molar-refractivity contribution in [3.63, 3.8) is 0 Å². The molecular formula is C13H18F2N2O4. The average Bonchev–Trinajstić information content (AvgIpc) is 2.84. The number of nitrogens with zero attached hydrogens (tertiary/aromatic N) is 1. The molecule has 21 heavy (non-hydrogen) atoms. The standard InChI is InChI=1S/C13H18F2N2O4/c1-21-7-3-4-9(13(19)20)16-12(18)10-5-2-6-17(10)8-11(14)15/h2,5-6,9,11H,3-4,7-8H2,1H3,(H,16,18)(H,19,20). The number of carboxylic acids is 1. The normalized spacial score (nSPS) is 12.4. The number of aliphatic carboxylic acids is 1. The van der Waals surface area contributed by atoms with E-state index in [1.54, 1.807) is 0 Å². The fraction of sp³-hybridized carbons (Fsp3) is 0.538. The number of amides is 1. The molecule has 0 saturated heterocycles. The third kappa shape index (κ3) is 5.50. The monoisotopic (exact) mass is 304 g/mol. The molecule has 0 radical (unpaired) electrons. The van der Waals surface area contributed by atoms with Gasteiger partial charge < -0.3 is 19.7 Å². The maximum atomic E-state index is 12.4.